The molecule has 4 rings (SSSR count). The van der Waals surface area contributed by atoms with Crippen LogP contribution in [-0.2, 0) is 22.7 Å². The number of carbonyl (C=O) groups is 3. The fourth-order valence-electron chi connectivity index (χ4n) is 3.70. The van der Waals surface area contributed by atoms with Crippen LogP contribution in [0.4, 0.5) is 0 Å². The zero-order valence-corrected chi connectivity index (χ0v) is 18.9. The zero-order chi connectivity index (χ0) is 22.7. The van der Waals surface area contributed by atoms with E-state index in [-0.39, 0.29) is 30.3 Å². The third kappa shape index (κ3) is 4.75. The lowest BCUT2D eigenvalue weighted by Gasteiger charge is -2.38. The maximum Gasteiger partial charge on any atom is 0.253 e. The third-order valence-corrected chi connectivity index (χ3v) is 5.84. The SMILES string of the molecule is C=CC(=O)N1CC(NC(=O)Cn2cc(C(=O)NCCn3ccnc3)c3cc(Br)ccc32)C1. The fourth-order valence-corrected chi connectivity index (χ4v) is 4.06. The third-order valence-electron chi connectivity index (χ3n) is 5.35. The Labute approximate surface area is 193 Å². The molecule has 0 bridgehead atoms. The Bertz CT molecular complexity index is 1160. The number of hydrogen-bond acceptors (Lipinski definition) is 4. The van der Waals surface area contributed by atoms with Gasteiger partial charge in [-0.25, -0.2) is 4.98 Å². The Hall–Kier alpha value is -3.40. The lowest BCUT2D eigenvalue weighted by Crippen LogP contribution is -2.61. The van der Waals surface area contributed by atoms with Crippen molar-refractivity contribution < 1.29 is 14.4 Å². The molecule has 1 fully saturated rings. The number of rotatable bonds is 8. The number of nitrogens with zero attached hydrogens (tertiary/aromatic N) is 4. The predicted octanol–water partition coefficient (Wildman–Crippen LogP) is 1.54. The second kappa shape index (κ2) is 9.39. The summed E-state index contributed by atoms with van der Waals surface area (Å²) < 4.78 is 4.50. The smallest absolute Gasteiger partial charge is 0.253 e. The number of benzene rings is 1. The summed E-state index contributed by atoms with van der Waals surface area (Å²) in [5.41, 5.74) is 1.30. The Morgan fingerprint density at radius 3 is 2.81 bits per heavy atom. The van der Waals surface area contributed by atoms with E-state index in [1.54, 1.807) is 28.2 Å². The standard InChI is InChI=1S/C22H23BrN6O3/c1-2-21(31)29-10-16(11-29)26-20(30)13-28-12-18(17-9-15(23)3-4-19(17)28)22(32)25-6-8-27-7-5-24-14-27/h2-5,7,9,12,14,16H,1,6,8,10-11,13H2,(H,25,32)(H,26,30). The second-order valence-electron chi connectivity index (χ2n) is 7.60. The van der Waals surface area contributed by atoms with Crippen molar-refractivity contribution >= 4 is 44.6 Å². The molecular formula is C22H23BrN6O3. The minimum atomic E-state index is -0.204. The highest BCUT2D eigenvalue weighted by molar-refractivity contribution is 9.10. The van der Waals surface area contributed by atoms with E-state index in [1.807, 2.05) is 29.0 Å². The Kier molecular flexibility index (Phi) is 6.40. The van der Waals surface area contributed by atoms with Gasteiger partial charge in [0.15, 0.2) is 0 Å². The quantitative estimate of drug-likeness (QED) is 0.460. The highest BCUT2D eigenvalue weighted by Crippen LogP contribution is 2.25. The van der Waals surface area contributed by atoms with Crippen molar-refractivity contribution in [3.63, 3.8) is 0 Å². The summed E-state index contributed by atoms with van der Waals surface area (Å²) in [6, 6.07) is 5.55. The lowest BCUT2D eigenvalue weighted by atomic mass is 10.1. The van der Waals surface area contributed by atoms with Gasteiger partial charge in [-0.1, -0.05) is 22.5 Å². The van der Waals surface area contributed by atoms with Crippen molar-refractivity contribution in [1.82, 2.24) is 29.7 Å². The van der Waals surface area contributed by atoms with Gasteiger partial charge in [-0.3, -0.25) is 14.4 Å². The van der Waals surface area contributed by atoms with Gasteiger partial charge in [0.25, 0.3) is 5.91 Å². The van der Waals surface area contributed by atoms with Crippen LogP contribution in [-0.4, -0.2) is 62.4 Å². The Balaban J connectivity index is 1.43. The van der Waals surface area contributed by atoms with Gasteiger partial charge < -0.3 is 24.7 Å². The molecule has 1 saturated heterocycles. The van der Waals surface area contributed by atoms with Crippen molar-refractivity contribution in [3.05, 3.63) is 65.8 Å². The van der Waals surface area contributed by atoms with Crippen LogP contribution < -0.4 is 10.6 Å². The molecule has 2 N–H and O–H groups in total. The normalized spacial score (nSPS) is 13.6. The summed E-state index contributed by atoms with van der Waals surface area (Å²) >= 11 is 3.46. The molecule has 1 aliphatic rings. The molecule has 0 unspecified atom stereocenters. The molecule has 0 aliphatic carbocycles. The first-order valence-electron chi connectivity index (χ1n) is 10.2. The largest absolute Gasteiger partial charge is 0.350 e. The van der Waals surface area contributed by atoms with Gasteiger partial charge in [0.1, 0.15) is 6.54 Å². The number of fused-ring (bicyclic) bond motifs is 1. The molecule has 10 heteroatoms. The van der Waals surface area contributed by atoms with Crippen LogP contribution in [0, 0.1) is 0 Å². The number of amides is 3. The van der Waals surface area contributed by atoms with Crippen LogP contribution in [0.5, 0.6) is 0 Å². The predicted molar refractivity (Wildman–Crippen MR) is 123 cm³/mol. The first kappa shape index (κ1) is 21.8. The number of imidazole rings is 1. The van der Waals surface area contributed by atoms with Crippen LogP contribution in [0.3, 0.4) is 0 Å². The minimum Gasteiger partial charge on any atom is -0.350 e. The fraction of sp³-hybridized carbons (Fsp3) is 0.273. The summed E-state index contributed by atoms with van der Waals surface area (Å²) in [5.74, 6) is -0.515. The zero-order valence-electron chi connectivity index (χ0n) is 17.3. The van der Waals surface area contributed by atoms with Gasteiger partial charge in [-0.05, 0) is 24.3 Å². The molecule has 0 atom stereocenters. The van der Waals surface area contributed by atoms with Crippen LogP contribution in [0.1, 0.15) is 10.4 Å². The van der Waals surface area contributed by atoms with Crippen LogP contribution in [0.25, 0.3) is 10.9 Å². The van der Waals surface area contributed by atoms with Crippen molar-refractivity contribution in [2.45, 2.75) is 19.1 Å². The van der Waals surface area contributed by atoms with Crippen molar-refractivity contribution in [2.24, 2.45) is 0 Å². The number of nitrogens with one attached hydrogen (secondary N) is 2. The van der Waals surface area contributed by atoms with E-state index < -0.39 is 0 Å². The van der Waals surface area contributed by atoms with Gasteiger partial charge in [0.2, 0.25) is 11.8 Å². The molecule has 9 nitrogen and oxygen atoms in total. The van der Waals surface area contributed by atoms with E-state index in [0.717, 1.165) is 15.4 Å². The summed E-state index contributed by atoms with van der Waals surface area (Å²) in [6.07, 6.45) is 8.20. The van der Waals surface area contributed by atoms with Gasteiger partial charge in [-0.15, -0.1) is 0 Å². The number of halogens is 1. The number of aromatic nitrogens is 3. The lowest BCUT2D eigenvalue weighted by molar-refractivity contribution is -0.133. The van der Waals surface area contributed by atoms with Gasteiger partial charge in [-0.2, -0.15) is 0 Å². The van der Waals surface area contributed by atoms with E-state index in [9.17, 15) is 14.4 Å². The molecule has 166 valence electrons. The van der Waals surface area contributed by atoms with E-state index in [0.29, 0.717) is 31.7 Å². The Morgan fingerprint density at radius 1 is 1.28 bits per heavy atom. The molecule has 3 heterocycles. The molecule has 0 spiro atoms. The molecule has 1 aromatic carbocycles. The first-order chi connectivity index (χ1) is 15.4. The van der Waals surface area contributed by atoms with E-state index >= 15 is 0 Å². The molecule has 32 heavy (non-hydrogen) atoms. The number of likely N-dealkylation sites (tertiary alicyclic amines) is 1. The van der Waals surface area contributed by atoms with Crippen molar-refractivity contribution in [1.29, 1.82) is 0 Å². The molecule has 3 amide bonds. The van der Waals surface area contributed by atoms with E-state index in [4.69, 9.17) is 0 Å². The average molecular weight is 499 g/mol. The molecule has 2 aromatic heterocycles. The summed E-state index contributed by atoms with van der Waals surface area (Å²) in [6.45, 7) is 5.56. The summed E-state index contributed by atoms with van der Waals surface area (Å²) in [4.78, 5) is 42.6. The summed E-state index contributed by atoms with van der Waals surface area (Å²) in [5, 5.41) is 6.62. The number of carbonyl (C=O) groups excluding carboxylic acids is 3. The topological polar surface area (TPSA) is 101 Å². The van der Waals surface area contributed by atoms with Crippen LogP contribution in [0.2, 0.25) is 0 Å². The monoisotopic (exact) mass is 498 g/mol. The average Bonchev–Trinajstić information content (AvgIpc) is 3.38. The van der Waals surface area contributed by atoms with Gasteiger partial charge >= 0.3 is 0 Å². The highest BCUT2D eigenvalue weighted by Gasteiger charge is 2.30. The van der Waals surface area contributed by atoms with Crippen molar-refractivity contribution in [2.75, 3.05) is 19.6 Å². The maximum absolute atomic E-state index is 12.8. The number of hydrogen-bond donors (Lipinski definition) is 2. The maximum atomic E-state index is 12.8. The first-order valence-corrected chi connectivity index (χ1v) is 11.0. The molecule has 1 aliphatic heterocycles. The van der Waals surface area contributed by atoms with Crippen LogP contribution in [0.15, 0.2) is 60.2 Å². The highest BCUT2D eigenvalue weighted by atomic mass is 79.9. The Morgan fingerprint density at radius 2 is 2.09 bits per heavy atom. The van der Waals surface area contributed by atoms with Crippen LogP contribution >= 0.6 is 15.9 Å². The molecular weight excluding hydrogens is 476 g/mol. The van der Waals surface area contributed by atoms with Crippen molar-refractivity contribution in [3.8, 4) is 0 Å². The second-order valence-corrected chi connectivity index (χ2v) is 8.52. The van der Waals surface area contributed by atoms with Gasteiger partial charge in [0.05, 0.1) is 17.9 Å². The molecule has 0 saturated carbocycles. The minimum absolute atomic E-state index is 0.0756. The van der Waals surface area contributed by atoms with E-state index in [2.05, 4.69) is 38.1 Å². The van der Waals surface area contributed by atoms with Gasteiger partial charge in [0, 0.05) is 60.1 Å². The summed E-state index contributed by atoms with van der Waals surface area (Å²) in [7, 11) is 0. The molecule has 3 aromatic rings. The molecule has 0 radical (unpaired) electrons. The van der Waals surface area contributed by atoms with E-state index in [1.165, 1.54) is 6.08 Å².